The number of halogens is 1. The molecule has 2 N–H and O–H groups in total. The highest BCUT2D eigenvalue weighted by Crippen LogP contribution is 2.38. The predicted octanol–water partition coefficient (Wildman–Crippen LogP) is 2.79. The molecule has 0 bridgehead atoms. The van der Waals surface area contributed by atoms with Crippen molar-refractivity contribution in [1.82, 2.24) is 15.1 Å². The van der Waals surface area contributed by atoms with Crippen LogP contribution in [0, 0.1) is 23.6 Å². The van der Waals surface area contributed by atoms with E-state index in [-0.39, 0.29) is 23.7 Å². The van der Waals surface area contributed by atoms with Crippen molar-refractivity contribution in [2.24, 2.45) is 17.8 Å². The van der Waals surface area contributed by atoms with Crippen LogP contribution < -0.4 is 5.32 Å². The predicted molar refractivity (Wildman–Crippen MR) is 104 cm³/mol. The molecule has 2 fully saturated rings. The number of carboxylic acid groups (broad SMARTS) is 1. The summed E-state index contributed by atoms with van der Waals surface area (Å²) >= 11 is 0. The van der Waals surface area contributed by atoms with E-state index in [1.807, 2.05) is 26.0 Å². The third-order valence-corrected chi connectivity index (χ3v) is 6.20. The Morgan fingerprint density at radius 1 is 1.25 bits per heavy atom. The Morgan fingerprint density at radius 3 is 2.54 bits per heavy atom. The molecule has 1 saturated carbocycles. The van der Waals surface area contributed by atoms with Gasteiger partial charge >= 0.3 is 6.09 Å². The van der Waals surface area contributed by atoms with Gasteiger partial charge in [-0.25, -0.2) is 9.18 Å². The number of carbonyl (C=O) groups is 2. The molecule has 3 rings (SSSR count). The second kappa shape index (κ2) is 8.47. The van der Waals surface area contributed by atoms with Gasteiger partial charge in [-0.05, 0) is 48.3 Å². The number of nitrogens with one attached hydrogen (secondary N) is 1. The van der Waals surface area contributed by atoms with Crippen molar-refractivity contribution in [3.8, 4) is 0 Å². The van der Waals surface area contributed by atoms with Gasteiger partial charge in [0.25, 0.3) is 0 Å². The molecule has 28 heavy (non-hydrogen) atoms. The number of amides is 2. The van der Waals surface area contributed by atoms with Crippen molar-refractivity contribution in [2.45, 2.75) is 45.3 Å². The summed E-state index contributed by atoms with van der Waals surface area (Å²) in [6.07, 6.45) is 0.911. The van der Waals surface area contributed by atoms with E-state index in [1.54, 1.807) is 0 Å². The van der Waals surface area contributed by atoms with E-state index in [4.69, 9.17) is 0 Å². The van der Waals surface area contributed by atoms with Gasteiger partial charge in [0.1, 0.15) is 11.9 Å². The zero-order chi connectivity index (χ0) is 20.4. The molecule has 6 nitrogen and oxygen atoms in total. The Morgan fingerprint density at radius 2 is 1.93 bits per heavy atom. The van der Waals surface area contributed by atoms with Crippen molar-refractivity contribution in [1.29, 1.82) is 0 Å². The summed E-state index contributed by atoms with van der Waals surface area (Å²) in [5.74, 6) is 0.392. The SMILES string of the molecule is CC(C)C(C(=O)N[C@@H]1CC[C@H]2CN(Cc3ccc(F)cc3)C[C@H]21)N(C)C(=O)O. The molecule has 154 valence electrons. The van der Waals surface area contributed by atoms with Gasteiger partial charge in [-0.15, -0.1) is 0 Å². The monoisotopic (exact) mass is 391 g/mol. The Balaban J connectivity index is 1.60. The Bertz CT molecular complexity index is 709. The lowest BCUT2D eigenvalue weighted by Gasteiger charge is -2.30. The van der Waals surface area contributed by atoms with Gasteiger partial charge < -0.3 is 10.4 Å². The number of hydrogen-bond donors (Lipinski definition) is 2. The Hall–Kier alpha value is -2.15. The minimum Gasteiger partial charge on any atom is -0.465 e. The molecule has 2 aliphatic rings. The van der Waals surface area contributed by atoms with Crippen LogP contribution in [0.1, 0.15) is 32.3 Å². The molecule has 1 aromatic rings. The fourth-order valence-corrected chi connectivity index (χ4v) is 4.83. The van der Waals surface area contributed by atoms with Crippen molar-refractivity contribution in [3.05, 3.63) is 35.6 Å². The average molecular weight is 391 g/mol. The maximum atomic E-state index is 13.1. The van der Waals surface area contributed by atoms with Crippen LogP contribution in [0.3, 0.4) is 0 Å². The van der Waals surface area contributed by atoms with E-state index in [1.165, 1.54) is 19.2 Å². The highest BCUT2D eigenvalue weighted by atomic mass is 19.1. The average Bonchev–Trinajstić information content (AvgIpc) is 3.18. The molecule has 7 heteroatoms. The first-order valence-corrected chi connectivity index (χ1v) is 9.99. The van der Waals surface area contributed by atoms with Crippen LogP contribution in [0.4, 0.5) is 9.18 Å². The molecular weight excluding hydrogens is 361 g/mol. The molecular formula is C21H30FN3O3. The number of hydrogen-bond acceptors (Lipinski definition) is 3. The largest absolute Gasteiger partial charge is 0.465 e. The van der Waals surface area contributed by atoms with Gasteiger partial charge in [-0.1, -0.05) is 26.0 Å². The lowest BCUT2D eigenvalue weighted by atomic mass is 9.96. The lowest BCUT2D eigenvalue weighted by molar-refractivity contribution is -0.127. The van der Waals surface area contributed by atoms with E-state index in [0.29, 0.717) is 11.8 Å². The maximum absolute atomic E-state index is 13.1. The first-order chi connectivity index (χ1) is 13.3. The summed E-state index contributed by atoms with van der Waals surface area (Å²) in [5, 5.41) is 12.4. The van der Waals surface area contributed by atoms with Crippen molar-refractivity contribution in [3.63, 3.8) is 0 Å². The van der Waals surface area contributed by atoms with Crippen LogP contribution in [0.2, 0.25) is 0 Å². The molecule has 0 radical (unpaired) electrons. The summed E-state index contributed by atoms with van der Waals surface area (Å²) in [6.45, 7) is 6.39. The molecule has 0 spiro atoms. The lowest BCUT2D eigenvalue weighted by Crippen LogP contribution is -2.53. The van der Waals surface area contributed by atoms with E-state index >= 15 is 0 Å². The molecule has 2 amide bonds. The second-order valence-corrected chi connectivity index (χ2v) is 8.52. The van der Waals surface area contributed by atoms with Gasteiger partial charge in [-0.2, -0.15) is 0 Å². The van der Waals surface area contributed by atoms with Gasteiger partial charge in [-0.3, -0.25) is 14.6 Å². The minimum atomic E-state index is -1.09. The smallest absolute Gasteiger partial charge is 0.407 e. The summed E-state index contributed by atoms with van der Waals surface area (Å²) in [7, 11) is 1.45. The normalized spacial score (nSPS) is 25.5. The number of rotatable bonds is 6. The number of likely N-dealkylation sites (N-methyl/N-ethyl adjacent to an activating group) is 1. The van der Waals surface area contributed by atoms with Crippen LogP contribution in [0.25, 0.3) is 0 Å². The first kappa shape index (κ1) is 20.6. The van der Waals surface area contributed by atoms with Crippen molar-refractivity contribution >= 4 is 12.0 Å². The molecule has 1 saturated heterocycles. The number of carbonyl (C=O) groups excluding carboxylic acids is 1. The van der Waals surface area contributed by atoms with Gasteiger partial charge in [0.15, 0.2) is 0 Å². The number of likely N-dealkylation sites (tertiary alicyclic amines) is 1. The van der Waals surface area contributed by atoms with E-state index in [0.717, 1.165) is 42.9 Å². The summed E-state index contributed by atoms with van der Waals surface area (Å²) in [6, 6.07) is 6.00. The Labute approximate surface area is 165 Å². The third kappa shape index (κ3) is 4.46. The van der Waals surface area contributed by atoms with E-state index < -0.39 is 12.1 Å². The first-order valence-electron chi connectivity index (χ1n) is 9.99. The zero-order valence-electron chi connectivity index (χ0n) is 16.8. The van der Waals surface area contributed by atoms with Crippen LogP contribution >= 0.6 is 0 Å². The topological polar surface area (TPSA) is 72.9 Å². The zero-order valence-corrected chi connectivity index (χ0v) is 16.8. The summed E-state index contributed by atoms with van der Waals surface area (Å²) in [5.41, 5.74) is 1.09. The number of fused-ring (bicyclic) bond motifs is 1. The van der Waals surface area contributed by atoms with Gasteiger partial charge in [0.05, 0.1) is 0 Å². The summed E-state index contributed by atoms with van der Waals surface area (Å²) in [4.78, 5) is 27.6. The van der Waals surface area contributed by atoms with E-state index in [2.05, 4.69) is 10.2 Å². The molecule has 1 aromatic carbocycles. The highest BCUT2D eigenvalue weighted by molar-refractivity contribution is 5.85. The number of nitrogens with zero attached hydrogens (tertiary/aromatic N) is 2. The molecule has 1 heterocycles. The quantitative estimate of drug-likeness (QED) is 0.782. The van der Waals surface area contributed by atoms with Crippen LogP contribution in [0.5, 0.6) is 0 Å². The van der Waals surface area contributed by atoms with E-state index in [9.17, 15) is 19.1 Å². The molecule has 1 aliphatic heterocycles. The fourth-order valence-electron chi connectivity index (χ4n) is 4.83. The van der Waals surface area contributed by atoms with Gasteiger partial charge in [0.2, 0.25) is 5.91 Å². The molecule has 1 aliphatic carbocycles. The molecule has 0 aromatic heterocycles. The molecule has 4 atom stereocenters. The van der Waals surface area contributed by atoms with Gasteiger partial charge in [0, 0.05) is 32.7 Å². The highest BCUT2D eigenvalue weighted by Gasteiger charge is 2.44. The van der Waals surface area contributed by atoms with Crippen LogP contribution in [-0.4, -0.2) is 59.1 Å². The Kier molecular flexibility index (Phi) is 6.23. The van der Waals surface area contributed by atoms with Crippen molar-refractivity contribution < 1.29 is 19.1 Å². The third-order valence-electron chi connectivity index (χ3n) is 6.20. The minimum absolute atomic E-state index is 0.0826. The number of benzene rings is 1. The van der Waals surface area contributed by atoms with Crippen LogP contribution in [0.15, 0.2) is 24.3 Å². The fraction of sp³-hybridized carbons (Fsp3) is 0.619. The second-order valence-electron chi connectivity index (χ2n) is 8.52. The summed E-state index contributed by atoms with van der Waals surface area (Å²) < 4.78 is 13.1. The van der Waals surface area contributed by atoms with Crippen LogP contribution in [-0.2, 0) is 11.3 Å². The standard InChI is InChI=1S/C21H30FN3O3/c1-13(2)19(24(3)21(27)28)20(26)23-18-9-6-15-11-25(12-17(15)18)10-14-4-7-16(22)8-5-14/h4-5,7-8,13,15,17-19H,6,9-12H2,1-3H3,(H,23,26)(H,27,28)/t15-,17+,18+,19?/m0/s1. The molecule has 1 unspecified atom stereocenters. The van der Waals surface area contributed by atoms with Crippen molar-refractivity contribution in [2.75, 3.05) is 20.1 Å². The maximum Gasteiger partial charge on any atom is 0.407 e.